The zero-order valence-electron chi connectivity index (χ0n) is 6.44. The van der Waals surface area contributed by atoms with E-state index in [9.17, 15) is 22.8 Å². The van der Waals surface area contributed by atoms with Crippen molar-refractivity contribution in [3.8, 4) is 0 Å². The topological polar surface area (TPSA) is 47.3 Å². The van der Waals surface area contributed by atoms with Gasteiger partial charge in [0, 0.05) is 0 Å². The predicted molar refractivity (Wildman–Crippen MR) is 39.8 cm³/mol. The van der Waals surface area contributed by atoms with E-state index in [4.69, 9.17) is 0 Å². The van der Waals surface area contributed by atoms with Crippen LogP contribution in [0.5, 0.6) is 0 Å². The molecule has 0 N–H and O–H groups in total. The minimum absolute atomic E-state index is 0.432. The van der Waals surface area contributed by atoms with Crippen molar-refractivity contribution in [1.29, 1.82) is 0 Å². The van der Waals surface area contributed by atoms with Gasteiger partial charge in [0.2, 0.25) is 0 Å². The van der Waals surface area contributed by atoms with E-state index in [0.29, 0.717) is 6.07 Å². The van der Waals surface area contributed by atoms with E-state index in [-0.39, 0.29) is 0 Å². The van der Waals surface area contributed by atoms with Gasteiger partial charge in [0.1, 0.15) is 16.6 Å². The van der Waals surface area contributed by atoms with Gasteiger partial charge in [0.15, 0.2) is 11.6 Å². The van der Waals surface area contributed by atoms with Crippen LogP contribution in [0.15, 0.2) is 20.1 Å². The molecule has 0 atom stereocenters. The molecule has 0 aliphatic rings. The summed E-state index contributed by atoms with van der Waals surface area (Å²) in [5.41, 5.74) is -2.92. The van der Waals surface area contributed by atoms with Gasteiger partial charge < -0.3 is 4.42 Å². The number of hydrogen-bond acceptors (Lipinski definition) is 3. The Labute approximate surface area is 73.7 Å². The van der Waals surface area contributed by atoms with Crippen LogP contribution in [0.3, 0.4) is 0 Å². The molecule has 0 saturated carbocycles. The number of halogens is 3. The molecular weight excluding hydrogens is 201 g/mol. The van der Waals surface area contributed by atoms with E-state index < -0.39 is 39.5 Å². The van der Waals surface area contributed by atoms with Crippen LogP contribution in [0, 0.1) is 17.5 Å². The number of rotatable bonds is 0. The standard InChI is InChI=1S/C8HF3O3/c9-3-1-2-5(10)6(11)4(3)8(13)14-7(2)12/h1H. The van der Waals surface area contributed by atoms with Crippen molar-refractivity contribution in [3.05, 3.63) is 44.4 Å². The molecule has 3 aromatic rings. The molecule has 3 nitrogen and oxygen atoms in total. The third-order valence-electron chi connectivity index (χ3n) is 1.77. The zero-order chi connectivity index (χ0) is 10.5. The lowest BCUT2D eigenvalue weighted by molar-refractivity contribution is 0.488. The third kappa shape index (κ3) is 0.935. The summed E-state index contributed by atoms with van der Waals surface area (Å²) in [6, 6.07) is 0.432. The predicted octanol–water partition coefficient (Wildman–Crippen LogP) is 1.01. The first-order chi connectivity index (χ1) is 6.52. The van der Waals surface area contributed by atoms with Crippen molar-refractivity contribution in [3.63, 3.8) is 0 Å². The van der Waals surface area contributed by atoms with E-state index in [1.54, 1.807) is 0 Å². The number of benzene rings is 1. The van der Waals surface area contributed by atoms with E-state index in [1.165, 1.54) is 0 Å². The van der Waals surface area contributed by atoms with E-state index in [2.05, 4.69) is 4.42 Å². The molecule has 0 fully saturated rings. The van der Waals surface area contributed by atoms with Gasteiger partial charge in [-0.15, -0.1) is 0 Å². The highest BCUT2D eigenvalue weighted by Gasteiger charge is 2.20. The second-order valence-corrected chi connectivity index (χ2v) is 2.59. The molecule has 1 aromatic carbocycles. The summed E-state index contributed by atoms with van der Waals surface area (Å²) >= 11 is 0. The average molecular weight is 202 g/mol. The molecule has 0 saturated heterocycles. The Balaban J connectivity index is 3.33. The van der Waals surface area contributed by atoms with Crippen LogP contribution >= 0.6 is 0 Å². The van der Waals surface area contributed by atoms with Crippen molar-refractivity contribution in [1.82, 2.24) is 0 Å². The Kier molecular flexibility index (Phi) is 1.60. The van der Waals surface area contributed by atoms with Crippen molar-refractivity contribution in [2.45, 2.75) is 0 Å². The summed E-state index contributed by atoms with van der Waals surface area (Å²) in [4.78, 5) is 21.7. The molecule has 0 unspecified atom stereocenters. The molecule has 3 rings (SSSR count). The van der Waals surface area contributed by atoms with Crippen LogP contribution in [0.4, 0.5) is 13.2 Å². The summed E-state index contributed by atoms with van der Waals surface area (Å²) in [6.07, 6.45) is 0. The molecule has 2 bridgehead atoms. The normalized spacial score (nSPS) is 11.1. The maximum atomic E-state index is 12.9. The minimum Gasteiger partial charge on any atom is -0.385 e. The van der Waals surface area contributed by atoms with Crippen molar-refractivity contribution >= 4 is 10.8 Å². The van der Waals surface area contributed by atoms with Gasteiger partial charge in [-0.1, -0.05) is 0 Å². The Bertz CT molecular complexity index is 617. The highest BCUT2D eigenvalue weighted by atomic mass is 19.2. The van der Waals surface area contributed by atoms with Gasteiger partial charge in [-0.3, -0.25) is 0 Å². The molecular formula is C8HF3O3. The van der Waals surface area contributed by atoms with Gasteiger partial charge in [-0.05, 0) is 6.07 Å². The summed E-state index contributed by atoms with van der Waals surface area (Å²) in [5, 5.41) is -2.10. The van der Waals surface area contributed by atoms with Crippen LogP contribution in [-0.4, -0.2) is 0 Å². The van der Waals surface area contributed by atoms with Gasteiger partial charge in [0.05, 0.1) is 0 Å². The fraction of sp³-hybridized carbons (Fsp3) is 0. The summed E-state index contributed by atoms with van der Waals surface area (Å²) in [5.74, 6) is -4.58. The van der Waals surface area contributed by atoms with Crippen LogP contribution in [-0.2, 0) is 0 Å². The van der Waals surface area contributed by atoms with Gasteiger partial charge in [-0.25, -0.2) is 22.8 Å². The molecule has 0 spiro atoms. The molecule has 6 heteroatoms. The monoisotopic (exact) mass is 202 g/mol. The average Bonchev–Trinajstić information content (AvgIpc) is 2.24. The fourth-order valence-electron chi connectivity index (χ4n) is 1.12. The maximum Gasteiger partial charge on any atom is 0.352 e. The Morgan fingerprint density at radius 3 is 2.29 bits per heavy atom. The van der Waals surface area contributed by atoms with Crippen LogP contribution in [0.25, 0.3) is 10.8 Å². The zero-order valence-corrected chi connectivity index (χ0v) is 6.44. The SMILES string of the molecule is O=c1oc(=O)c2c(F)cc1c(F)c2F. The smallest absolute Gasteiger partial charge is 0.352 e. The van der Waals surface area contributed by atoms with Crippen molar-refractivity contribution in [2.75, 3.05) is 0 Å². The molecule has 2 aromatic heterocycles. The molecule has 0 aliphatic heterocycles. The molecule has 0 radical (unpaired) electrons. The Hall–Kier alpha value is -1.85. The fourth-order valence-corrected chi connectivity index (χ4v) is 1.12. The highest BCUT2D eigenvalue weighted by molar-refractivity contribution is 5.65. The van der Waals surface area contributed by atoms with Gasteiger partial charge >= 0.3 is 11.3 Å². The molecule has 2 heterocycles. The molecule has 0 amide bonds. The summed E-state index contributed by atoms with van der Waals surface area (Å²) in [7, 11) is 0. The van der Waals surface area contributed by atoms with Crippen molar-refractivity contribution in [2.24, 2.45) is 0 Å². The third-order valence-corrected chi connectivity index (χ3v) is 1.77. The second kappa shape index (κ2) is 2.57. The number of hydrogen-bond donors (Lipinski definition) is 0. The first-order valence-corrected chi connectivity index (χ1v) is 3.46. The van der Waals surface area contributed by atoms with Crippen LogP contribution in [0.1, 0.15) is 0 Å². The summed E-state index contributed by atoms with van der Waals surface area (Å²) < 4.78 is 42.7. The lowest BCUT2D eigenvalue weighted by Crippen LogP contribution is -2.03. The van der Waals surface area contributed by atoms with E-state index in [1.807, 2.05) is 0 Å². The lowest BCUT2D eigenvalue weighted by atomic mass is 10.2. The number of fused-ring (bicyclic) bond motifs is 4. The first kappa shape index (κ1) is 8.74. The largest absolute Gasteiger partial charge is 0.385 e. The quantitative estimate of drug-likeness (QED) is 0.599. The molecule has 0 aliphatic carbocycles. The van der Waals surface area contributed by atoms with Gasteiger partial charge in [0.25, 0.3) is 0 Å². The van der Waals surface area contributed by atoms with Crippen LogP contribution in [0.2, 0.25) is 0 Å². The van der Waals surface area contributed by atoms with E-state index >= 15 is 0 Å². The van der Waals surface area contributed by atoms with Gasteiger partial charge in [-0.2, -0.15) is 0 Å². The Morgan fingerprint density at radius 2 is 1.64 bits per heavy atom. The van der Waals surface area contributed by atoms with E-state index in [0.717, 1.165) is 0 Å². The maximum absolute atomic E-state index is 12.9. The highest BCUT2D eigenvalue weighted by Crippen LogP contribution is 2.17. The minimum atomic E-state index is -1.70. The first-order valence-electron chi connectivity index (χ1n) is 3.46. The molecule has 72 valence electrons. The molecule has 14 heavy (non-hydrogen) atoms. The second-order valence-electron chi connectivity index (χ2n) is 2.59. The summed E-state index contributed by atoms with van der Waals surface area (Å²) in [6.45, 7) is 0. The Morgan fingerprint density at radius 1 is 1.00 bits per heavy atom. The van der Waals surface area contributed by atoms with Crippen LogP contribution < -0.4 is 11.3 Å². The lowest BCUT2D eigenvalue weighted by Gasteiger charge is -1.93. The van der Waals surface area contributed by atoms with Crippen molar-refractivity contribution < 1.29 is 17.6 Å².